The molecule has 2 amide bonds. The molecule has 1 heterocycles. The summed E-state index contributed by atoms with van der Waals surface area (Å²) in [6, 6.07) is 2.24. The van der Waals surface area contributed by atoms with Gasteiger partial charge in [0.1, 0.15) is 11.5 Å². The third-order valence-electron chi connectivity index (χ3n) is 6.42. The van der Waals surface area contributed by atoms with E-state index < -0.39 is 23.8 Å². The van der Waals surface area contributed by atoms with Crippen molar-refractivity contribution in [2.24, 2.45) is 10.8 Å². The molecule has 0 radical (unpaired) electrons. The van der Waals surface area contributed by atoms with Crippen molar-refractivity contribution in [1.29, 1.82) is 5.26 Å². The zero-order valence-electron chi connectivity index (χ0n) is 18.4. The average Bonchev–Trinajstić information content (AvgIpc) is 3.56. The summed E-state index contributed by atoms with van der Waals surface area (Å²) in [5.74, 6) is -0.609. The maximum atomic E-state index is 12.7. The lowest BCUT2D eigenvalue weighted by atomic mass is 9.79. The molecule has 1 saturated carbocycles. The quantitative estimate of drug-likeness (QED) is 0.259. The van der Waals surface area contributed by atoms with E-state index in [9.17, 15) is 24.9 Å². The van der Waals surface area contributed by atoms with E-state index >= 15 is 0 Å². The Morgan fingerprint density at radius 2 is 2.12 bits per heavy atom. The number of ketones is 1. The molecular formula is C23H24BClN4O5. The van der Waals surface area contributed by atoms with Crippen LogP contribution in [0.15, 0.2) is 58.9 Å². The highest BCUT2D eigenvalue weighted by molar-refractivity contribution is 6.53. The minimum Gasteiger partial charge on any atom is -0.538 e. The largest absolute Gasteiger partial charge is 0.538 e. The number of fused-ring (bicyclic) bond motifs is 1. The molecule has 0 aromatic rings. The zero-order chi connectivity index (χ0) is 24.3. The van der Waals surface area contributed by atoms with E-state index in [0.717, 1.165) is 0 Å². The van der Waals surface area contributed by atoms with Crippen molar-refractivity contribution >= 4 is 36.2 Å². The molecule has 0 spiro atoms. The first kappa shape index (κ1) is 24.0. The Hall–Kier alpha value is -3.13. The van der Waals surface area contributed by atoms with Gasteiger partial charge in [-0.25, -0.2) is 4.97 Å². The van der Waals surface area contributed by atoms with Crippen LogP contribution in [0.4, 0.5) is 0 Å². The van der Waals surface area contributed by atoms with Crippen LogP contribution in [0.25, 0.3) is 0 Å². The second-order valence-electron chi connectivity index (χ2n) is 8.64. The number of hydroxylamine groups is 1. The zero-order valence-corrected chi connectivity index (χ0v) is 19.2. The van der Waals surface area contributed by atoms with E-state index in [-0.39, 0.29) is 36.7 Å². The van der Waals surface area contributed by atoms with Crippen LogP contribution in [0.5, 0.6) is 0 Å². The third-order valence-corrected chi connectivity index (χ3v) is 6.65. The summed E-state index contributed by atoms with van der Waals surface area (Å²) in [5.41, 5.74) is -1.34. The van der Waals surface area contributed by atoms with Gasteiger partial charge < -0.3 is 15.3 Å². The molecule has 0 bridgehead atoms. The second kappa shape index (κ2) is 9.62. The van der Waals surface area contributed by atoms with E-state index in [1.807, 2.05) is 6.08 Å². The van der Waals surface area contributed by atoms with Gasteiger partial charge in [-0.2, -0.15) is 5.26 Å². The molecule has 4 aliphatic rings. The fourth-order valence-electron chi connectivity index (χ4n) is 4.43. The molecule has 0 saturated heterocycles. The molecule has 0 aromatic carbocycles. The lowest BCUT2D eigenvalue weighted by Crippen LogP contribution is -2.54. The minimum atomic E-state index is -1.04. The number of rotatable bonds is 9. The van der Waals surface area contributed by atoms with Crippen molar-refractivity contribution in [2.75, 3.05) is 19.5 Å². The van der Waals surface area contributed by atoms with Gasteiger partial charge in [0.15, 0.2) is 0 Å². The average molecular weight is 483 g/mol. The summed E-state index contributed by atoms with van der Waals surface area (Å²) in [6.45, 7) is 0.429. The summed E-state index contributed by atoms with van der Waals surface area (Å²) in [7, 11) is -1.04. The summed E-state index contributed by atoms with van der Waals surface area (Å²) in [4.78, 5) is 37.7. The summed E-state index contributed by atoms with van der Waals surface area (Å²) >= 11 is 6.05. The van der Waals surface area contributed by atoms with Crippen LogP contribution >= 0.6 is 11.6 Å². The van der Waals surface area contributed by atoms with Gasteiger partial charge in [-0.3, -0.25) is 19.6 Å². The third kappa shape index (κ3) is 4.47. The highest BCUT2D eigenvalue weighted by Crippen LogP contribution is 2.68. The minimum absolute atomic E-state index is 0.00137. The van der Waals surface area contributed by atoms with Crippen molar-refractivity contribution < 1.29 is 24.2 Å². The fraction of sp³-hybridized carbons (Fsp3) is 0.391. The lowest BCUT2D eigenvalue weighted by Gasteiger charge is -2.29. The Kier molecular flexibility index (Phi) is 6.80. The molecule has 1 fully saturated rings. The van der Waals surface area contributed by atoms with Crippen molar-refractivity contribution in [3.05, 3.63) is 58.9 Å². The Bertz CT molecular complexity index is 1110. The molecule has 9 nitrogen and oxygen atoms in total. The van der Waals surface area contributed by atoms with Crippen LogP contribution < -0.4 is 10.6 Å². The summed E-state index contributed by atoms with van der Waals surface area (Å²) in [6.07, 6.45) is 13.7. The molecule has 1 aliphatic heterocycles. The van der Waals surface area contributed by atoms with E-state index in [4.69, 9.17) is 16.3 Å². The number of carbonyl (C=O) groups is 3. The van der Waals surface area contributed by atoms with Crippen LogP contribution in [0.1, 0.15) is 25.7 Å². The number of carbonyl (C=O) groups excluding carboxylic acids is 3. The standard InChI is InChI=1S/C23H24BClN4O5/c25-16-8-9-22(14-26)13-23(22,11-16)19(30)7-4-10-27-12-20(31)28-15-24-29(33)21(32)17-5-2-1-3-6-18(17)34-24/h2-3,5-6,8-9,11,27,33H,1,4,7,10,12-13,15H2,(H,28,31). The first-order valence-electron chi connectivity index (χ1n) is 11.1. The topological polar surface area (TPSA) is 132 Å². The van der Waals surface area contributed by atoms with E-state index in [0.29, 0.717) is 41.6 Å². The van der Waals surface area contributed by atoms with Crippen LogP contribution in [-0.2, 0) is 19.0 Å². The fourth-order valence-corrected chi connectivity index (χ4v) is 4.67. The summed E-state index contributed by atoms with van der Waals surface area (Å²) < 4.78 is 5.65. The van der Waals surface area contributed by atoms with E-state index in [1.165, 1.54) is 0 Å². The number of allylic oxidation sites excluding steroid dienone is 7. The van der Waals surface area contributed by atoms with Gasteiger partial charge in [0.25, 0.3) is 5.91 Å². The molecule has 4 rings (SSSR count). The molecule has 3 N–H and O–H groups in total. The predicted molar refractivity (Wildman–Crippen MR) is 124 cm³/mol. The number of nitrogens with zero attached hydrogens (tertiary/aromatic N) is 2. The van der Waals surface area contributed by atoms with Crippen LogP contribution in [-0.4, -0.2) is 54.4 Å². The van der Waals surface area contributed by atoms with Crippen molar-refractivity contribution in [2.45, 2.75) is 25.7 Å². The first-order valence-corrected chi connectivity index (χ1v) is 11.5. The lowest BCUT2D eigenvalue weighted by molar-refractivity contribution is -0.146. The number of Topliss-reactive ketones (excluding diaryl/α,β-unsaturated/α-hetero) is 1. The van der Waals surface area contributed by atoms with Gasteiger partial charge in [-0.1, -0.05) is 35.9 Å². The monoisotopic (exact) mass is 482 g/mol. The highest BCUT2D eigenvalue weighted by Gasteiger charge is 2.70. The highest BCUT2D eigenvalue weighted by atomic mass is 35.5. The maximum Gasteiger partial charge on any atom is 0.531 e. The second-order valence-corrected chi connectivity index (χ2v) is 9.08. The Morgan fingerprint density at radius 3 is 2.91 bits per heavy atom. The number of hydrogen-bond acceptors (Lipinski definition) is 7. The number of halogens is 1. The molecule has 34 heavy (non-hydrogen) atoms. The predicted octanol–water partition coefficient (Wildman–Crippen LogP) is 1.68. The van der Waals surface area contributed by atoms with Gasteiger partial charge in [0, 0.05) is 11.5 Å². The van der Waals surface area contributed by atoms with Crippen LogP contribution in [0.3, 0.4) is 0 Å². The number of hydrogen-bond donors (Lipinski definition) is 3. The van der Waals surface area contributed by atoms with Crippen LogP contribution in [0, 0.1) is 22.2 Å². The Morgan fingerprint density at radius 1 is 1.32 bits per heavy atom. The molecule has 3 aliphatic carbocycles. The van der Waals surface area contributed by atoms with Gasteiger partial charge in [0.2, 0.25) is 5.91 Å². The van der Waals surface area contributed by atoms with E-state index in [2.05, 4.69) is 16.7 Å². The maximum absolute atomic E-state index is 12.7. The molecule has 2 atom stereocenters. The first-order chi connectivity index (χ1) is 16.3. The van der Waals surface area contributed by atoms with Gasteiger partial charge in [0.05, 0.1) is 35.5 Å². The van der Waals surface area contributed by atoms with E-state index in [1.54, 1.807) is 36.5 Å². The number of nitrogens with one attached hydrogen (secondary N) is 2. The SMILES string of the molecule is N#CC12C=CC(Cl)=CC1(C(=O)CCCNCC(=O)NCB1OC3=C(C=CCC=C3)C(=O)N1O)C2. The molecule has 176 valence electrons. The van der Waals surface area contributed by atoms with Crippen molar-refractivity contribution in [1.82, 2.24) is 15.6 Å². The normalized spacial score (nSPS) is 26.7. The molecule has 2 unspecified atom stereocenters. The molecule has 0 aromatic heterocycles. The Balaban J connectivity index is 1.17. The number of amides is 2. The van der Waals surface area contributed by atoms with Crippen molar-refractivity contribution in [3.63, 3.8) is 0 Å². The number of nitriles is 1. The smallest absolute Gasteiger partial charge is 0.531 e. The van der Waals surface area contributed by atoms with Gasteiger partial charge in [-0.05, 0) is 44.0 Å². The van der Waals surface area contributed by atoms with Gasteiger partial charge >= 0.3 is 7.05 Å². The van der Waals surface area contributed by atoms with Gasteiger partial charge in [-0.15, -0.1) is 0 Å². The molecule has 11 heteroatoms. The summed E-state index contributed by atoms with van der Waals surface area (Å²) in [5, 5.41) is 25.6. The van der Waals surface area contributed by atoms with Crippen LogP contribution in [0.2, 0.25) is 0 Å². The Labute approximate surface area is 202 Å². The molecular weight excluding hydrogens is 459 g/mol. The van der Waals surface area contributed by atoms with Crippen molar-refractivity contribution in [3.8, 4) is 6.07 Å².